The maximum Gasteiger partial charge on any atom is 0.264 e. The first-order chi connectivity index (χ1) is 10.0. The number of hydrogen-bond donors (Lipinski definition) is 1. The first kappa shape index (κ1) is 15.3. The largest absolute Gasteiger partial charge is 0.497 e. The first-order valence-corrected chi connectivity index (χ1v) is 6.90. The smallest absolute Gasteiger partial charge is 0.264 e. The minimum absolute atomic E-state index is 0.139. The van der Waals surface area contributed by atoms with Gasteiger partial charge in [0.25, 0.3) is 5.89 Å². The van der Waals surface area contributed by atoms with E-state index in [4.69, 9.17) is 19.7 Å². The highest BCUT2D eigenvalue weighted by Crippen LogP contribution is 2.29. The van der Waals surface area contributed by atoms with Crippen molar-refractivity contribution < 1.29 is 14.0 Å². The van der Waals surface area contributed by atoms with E-state index in [9.17, 15) is 0 Å². The molecule has 0 spiro atoms. The van der Waals surface area contributed by atoms with Gasteiger partial charge < -0.3 is 19.7 Å². The molecule has 21 heavy (non-hydrogen) atoms. The zero-order chi connectivity index (χ0) is 15.4. The number of methoxy groups -OCH3 is 1. The SMILES string of the molecule is COc1ccc(C(C)N)c(OCc2nc(C(C)C)no2)c1. The molecule has 0 aliphatic rings. The Morgan fingerprint density at radius 2 is 2.05 bits per heavy atom. The van der Waals surface area contributed by atoms with Gasteiger partial charge in [-0.25, -0.2) is 0 Å². The molecular formula is C15H21N3O3. The lowest BCUT2D eigenvalue weighted by Gasteiger charge is -2.14. The molecule has 1 aromatic heterocycles. The minimum atomic E-state index is -0.139. The van der Waals surface area contributed by atoms with Crippen molar-refractivity contribution in [1.82, 2.24) is 10.1 Å². The molecule has 2 aromatic rings. The molecule has 0 radical (unpaired) electrons. The van der Waals surface area contributed by atoms with Crippen molar-refractivity contribution in [3.8, 4) is 11.5 Å². The van der Waals surface area contributed by atoms with Gasteiger partial charge in [0.15, 0.2) is 12.4 Å². The zero-order valence-corrected chi connectivity index (χ0v) is 12.8. The second-order valence-electron chi connectivity index (χ2n) is 5.18. The van der Waals surface area contributed by atoms with Gasteiger partial charge in [-0.1, -0.05) is 25.1 Å². The third-order valence-corrected chi connectivity index (χ3v) is 3.06. The molecule has 0 saturated carbocycles. The highest BCUT2D eigenvalue weighted by Gasteiger charge is 2.13. The van der Waals surface area contributed by atoms with E-state index in [0.717, 1.165) is 5.56 Å². The molecule has 114 valence electrons. The van der Waals surface area contributed by atoms with E-state index in [0.29, 0.717) is 23.2 Å². The average molecular weight is 291 g/mol. The van der Waals surface area contributed by atoms with Gasteiger partial charge in [-0.2, -0.15) is 4.98 Å². The number of aromatic nitrogens is 2. The lowest BCUT2D eigenvalue weighted by Crippen LogP contribution is -2.08. The summed E-state index contributed by atoms with van der Waals surface area (Å²) in [6.07, 6.45) is 0. The number of ether oxygens (including phenoxy) is 2. The fourth-order valence-corrected chi connectivity index (χ4v) is 1.84. The summed E-state index contributed by atoms with van der Waals surface area (Å²) in [6.45, 7) is 6.11. The van der Waals surface area contributed by atoms with Crippen LogP contribution in [0.4, 0.5) is 0 Å². The molecule has 2 rings (SSSR count). The number of nitrogens with zero attached hydrogens (tertiary/aromatic N) is 2. The fraction of sp³-hybridized carbons (Fsp3) is 0.467. The average Bonchev–Trinajstić information content (AvgIpc) is 2.93. The maximum atomic E-state index is 5.95. The first-order valence-electron chi connectivity index (χ1n) is 6.90. The van der Waals surface area contributed by atoms with Gasteiger partial charge >= 0.3 is 0 Å². The van der Waals surface area contributed by atoms with E-state index >= 15 is 0 Å². The molecular weight excluding hydrogens is 270 g/mol. The Hall–Kier alpha value is -2.08. The lowest BCUT2D eigenvalue weighted by atomic mass is 10.1. The summed E-state index contributed by atoms with van der Waals surface area (Å²) >= 11 is 0. The van der Waals surface area contributed by atoms with Crippen molar-refractivity contribution in [2.75, 3.05) is 7.11 Å². The summed E-state index contributed by atoms with van der Waals surface area (Å²) in [5.74, 6) is 2.71. The van der Waals surface area contributed by atoms with Gasteiger partial charge in [-0.3, -0.25) is 0 Å². The second-order valence-corrected chi connectivity index (χ2v) is 5.18. The van der Waals surface area contributed by atoms with Gasteiger partial charge in [0.05, 0.1) is 7.11 Å². The van der Waals surface area contributed by atoms with Crippen LogP contribution in [-0.2, 0) is 6.61 Å². The van der Waals surface area contributed by atoms with Crippen LogP contribution in [0.3, 0.4) is 0 Å². The molecule has 1 unspecified atom stereocenters. The van der Waals surface area contributed by atoms with Gasteiger partial charge in [0.1, 0.15) is 11.5 Å². The highest BCUT2D eigenvalue weighted by atomic mass is 16.5. The molecule has 0 saturated heterocycles. The van der Waals surface area contributed by atoms with Crippen molar-refractivity contribution in [3.63, 3.8) is 0 Å². The third kappa shape index (κ3) is 3.72. The van der Waals surface area contributed by atoms with Crippen LogP contribution in [0.15, 0.2) is 22.7 Å². The normalized spacial score (nSPS) is 12.5. The lowest BCUT2D eigenvalue weighted by molar-refractivity contribution is 0.239. The van der Waals surface area contributed by atoms with Crippen molar-refractivity contribution in [2.24, 2.45) is 5.73 Å². The monoisotopic (exact) mass is 291 g/mol. The minimum Gasteiger partial charge on any atom is -0.497 e. The quantitative estimate of drug-likeness (QED) is 0.881. The maximum absolute atomic E-state index is 5.95. The number of benzene rings is 1. The van der Waals surface area contributed by atoms with Crippen molar-refractivity contribution >= 4 is 0 Å². The molecule has 6 nitrogen and oxygen atoms in total. The van der Waals surface area contributed by atoms with Crippen molar-refractivity contribution in [1.29, 1.82) is 0 Å². The van der Waals surface area contributed by atoms with Gasteiger partial charge in [-0.05, 0) is 13.0 Å². The molecule has 1 heterocycles. The zero-order valence-electron chi connectivity index (χ0n) is 12.8. The van der Waals surface area contributed by atoms with Crippen LogP contribution < -0.4 is 15.2 Å². The molecule has 6 heteroatoms. The van der Waals surface area contributed by atoms with Crippen molar-refractivity contribution in [3.05, 3.63) is 35.5 Å². The van der Waals surface area contributed by atoms with E-state index in [1.54, 1.807) is 13.2 Å². The number of hydrogen-bond acceptors (Lipinski definition) is 6. The second kappa shape index (κ2) is 6.58. The Kier molecular flexibility index (Phi) is 4.80. The van der Waals surface area contributed by atoms with Crippen LogP contribution in [-0.4, -0.2) is 17.3 Å². The Balaban J connectivity index is 2.14. The third-order valence-electron chi connectivity index (χ3n) is 3.06. The predicted molar refractivity (Wildman–Crippen MR) is 78.3 cm³/mol. The summed E-state index contributed by atoms with van der Waals surface area (Å²) in [5.41, 5.74) is 6.85. The van der Waals surface area contributed by atoms with Gasteiger partial charge in [0, 0.05) is 23.6 Å². The molecule has 0 fully saturated rings. The standard InChI is InChI=1S/C15H21N3O3/c1-9(2)15-17-14(21-18-15)8-20-13-7-11(19-4)5-6-12(13)10(3)16/h5-7,9-10H,8,16H2,1-4H3. The van der Waals surface area contributed by atoms with E-state index in [1.165, 1.54) is 0 Å². The van der Waals surface area contributed by atoms with Crippen LogP contribution in [0.2, 0.25) is 0 Å². The Labute approximate surface area is 124 Å². The van der Waals surface area contributed by atoms with Crippen molar-refractivity contribution in [2.45, 2.75) is 39.3 Å². The van der Waals surface area contributed by atoms with Crippen LogP contribution in [0.5, 0.6) is 11.5 Å². The van der Waals surface area contributed by atoms with E-state index in [2.05, 4.69) is 10.1 Å². The fourth-order valence-electron chi connectivity index (χ4n) is 1.84. The molecule has 0 bridgehead atoms. The molecule has 1 aromatic carbocycles. The summed E-state index contributed by atoms with van der Waals surface area (Å²) in [6, 6.07) is 5.42. The van der Waals surface area contributed by atoms with Gasteiger partial charge in [-0.15, -0.1) is 0 Å². The van der Waals surface area contributed by atoms with Crippen LogP contribution in [0.1, 0.15) is 50.0 Å². The molecule has 0 aliphatic carbocycles. The Morgan fingerprint density at radius 3 is 2.62 bits per heavy atom. The molecule has 1 atom stereocenters. The van der Waals surface area contributed by atoms with E-state index < -0.39 is 0 Å². The molecule has 0 aliphatic heterocycles. The van der Waals surface area contributed by atoms with Crippen LogP contribution in [0, 0.1) is 0 Å². The van der Waals surface area contributed by atoms with Crippen LogP contribution >= 0.6 is 0 Å². The summed E-state index contributed by atoms with van der Waals surface area (Å²) in [4.78, 5) is 4.28. The molecule has 2 N–H and O–H groups in total. The number of rotatable bonds is 6. The summed E-state index contributed by atoms with van der Waals surface area (Å²) in [7, 11) is 1.61. The number of nitrogens with two attached hydrogens (primary N) is 1. The summed E-state index contributed by atoms with van der Waals surface area (Å²) in [5, 5.41) is 3.90. The topological polar surface area (TPSA) is 83.4 Å². The van der Waals surface area contributed by atoms with Crippen LogP contribution in [0.25, 0.3) is 0 Å². The molecule has 0 amide bonds. The summed E-state index contributed by atoms with van der Waals surface area (Å²) < 4.78 is 16.1. The Bertz CT molecular complexity index is 594. The highest BCUT2D eigenvalue weighted by molar-refractivity contribution is 5.42. The van der Waals surface area contributed by atoms with Gasteiger partial charge in [0.2, 0.25) is 0 Å². The van der Waals surface area contributed by atoms with E-state index in [1.807, 2.05) is 32.9 Å². The van der Waals surface area contributed by atoms with E-state index in [-0.39, 0.29) is 18.6 Å². The predicted octanol–water partition coefficient (Wildman–Crippen LogP) is 2.80. The Morgan fingerprint density at radius 1 is 1.29 bits per heavy atom.